The van der Waals surface area contributed by atoms with Crippen molar-refractivity contribution < 1.29 is 4.79 Å². The lowest BCUT2D eigenvalue weighted by atomic mass is 9.86. The van der Waals surface area contributed by atoms with Crippen molar-refractivity contribution in [2.75, 3.05) is 19.6 Å². The van der Waals surface area contributed by atoms with Gasteiger partial charge in [-0.2, -0.15) is 0 Å². The maximum atomic E-state index is 11.4. The summed E-state index contributed by atoms with van der Waals surface area (Å²) in [5.41, 5.74) is 5.48. The molecule has 2 rings (SSSR count). The lowest BCUT2D eigenvalue weighted by Crippen LogP contribution is -2.51. The van der Waals surface area contributed by atoms with E-state index >= 15 is 0 Å². The topological polar surface area (TPSA) is 58.4 Å². The molecular formula is C14H27N3O. The summed E-state index contributed by atoms with van der Waals surface area (Å²) in [7, 11) is 0. The van der Waals surface area contributed by atoms with E-state index in [1.54, 1.807) is 0 Å². The highest BCUT2D eigenvalue weighted by Crippen LogP contribution is 2.25. The molecule has 1 saturated heterocycles. The Bertz CT molecular complexity index is 281. The largest absolute Gasteiger partial charge is 0.368 e. The van der Waals surface area contributed by atoms with Crippen LogP contribution < -0.4 is 11.1 Å². The average molecular weight is 253 g/mol. The Labute approximate surface area is 110 Å². The Morgan fingerprint density at radius 3 is 2.33 bits per heavy atom. The van der Waals surface area contributed by atoms with E-state index in [9.17, 15) is 4.79 Å². The Kier molecular flexibility index (Phi) is 4.62. The lowest BCUT2D eigenvalue weighted by molar-refractivity contribution is -0.120. The molecule has 4 nitrogen and oxygen atoms in total. The van der Waals surface area contributed by atoms with Crippen LogP contribution in [0, 0.1) is 11.8 Å². The second-order valence-electron chi connectivity index (χ2n) is 6.28. The van der Waals surface area contributed by atoms with Crippen molar-refractivity contribution >= 4 is 5.91 Å². The smallest absolute Gasteiger partial charge is 0.235 e. The first-order valence-electron chi connectivity index (χ1n) is 7.34. The summed E-state index contributed by atoms with van der Waals surface area (Å²) in [4.78, 5) is 13.8. The zero-order valence-electron chi connectivity index (χ0n) is 11.7. The van der Waals surface area contributed by atoms with Gasteiger partial charge in [-0.05, 0) is 50.6 Å². The second-order valence-corrected chi connectivity index (χ2v) is 6.28. The van der Waals surface area contributed by atoms with E-state index in [4.69, 9.17) is 5.73 Å². The van der Waals surface area contributed by atoms with Gasteiger partial charge in [0.2, 0.25) is 5.91 Å². The predicted octanol–water partition coefficient (Wildman–Crippen LogP) is 0.960. The number of nitrogens with zero attached hydrogens (tertiary/aromatic N) is 1. The predicted molar refractivity (Wildman–Crippen MR) is 73.1 cm³/mol. The summed E-state index contributed by atoms with van der Waals surface area (Å²) in [6.07, 6.45) is 4.90. The number of rotatable bonds is 6. The number of carbonyl (C=O) groups is 1. The minimum absolute atomic E-state index is 0.159. The summed E-state index contributed by atoms with van der Waals surface area (Å²) in [6.45, 7) is 7.62. The van der Waals surface area contributed by atoms with Gasteiger partial charge in [0.1, 0.15) is 0 Å². The van der Waals surface area contributed by atoms with Crippen LogP contribution in [0.3, 0.4) is 0 Å². The van der Waals surface area contributed by atoms with E-state index in [1.807, 2.05) is 0 Å². The molecule has 0 radical (unpaired) electrons. The highest BCUT2D eigenvalue weighted by molar-refractivity contribution is 5.80. The van der Waals surface area contributed by atoms with E-state index in [1.165, 1.54) is 25.7 Å². The molecule has 0 spiro atoms. The van der Waals surface area contributed by atoms with Gasteiger partial charge < -0.3 is 16.0 Å². The van der Waals surface area contributed by atoms with E-state index in [0.717, 1.165) is 31.5 Å². The molecule has 0 aromatic heterocycles. The monoisotopic (exact) mass is 253 g/mol. The van der Waals surface area contributed by atoms with Crippen molar-refractivity contribution in [2.24, 2.45) is 17.6 Å². The van der Waals surface area contributed by atoms with Gasteiger partial charge in [-0.15, -0.1) is 0 Å². The van der Waals surface area contributed by atoms with Gasteiger partial charge in [0.25, 0.3) is 0 Å². The first-order valence-corrected chi connectivity index (χ1v) is 7.34. The van der Waals surface area contributed by atoms with Crippen molar-refractivity contribution in [1.82, 2.24) is 10.2 Å². The van der Waals surface area contributed by atoms with E-state index in [2.05, 4.69) is 24.1 Å². The van der Waals surface area contributed by atoms with Crippen molar-refractivity contribution in [3.63, 3.8) is 0 Å². The average Bonchev–Trinajstić information content (AvgIpc) is 3.12. The van der Waals surface area contributed by atoms with E-state index in [-0.39, 0.29) is 11.9 Å². The molecule has 18 heavy (non-hydrogen) atoms. The second kappa shape index (κ2) is 6.02. The molecule has 1 aliphatic carbocycles. The van der Waals surface area contributed by atoms with E-state index in [0.29, 0.717) is 6.04 Å². The summed E-state index contributed by atoms with van der Waals surface area (Å²) in [5, 5.41) is 3.36. The molecule has 0 aromatic carbocycles. The fourth-order valence-corrected chi connectivity index (χ4v) is 2.82. The first kappa shape index (κ1) is 13.8. The molecule has 1 heterocycles. The third-order valence-corrected chi connectivity index (χ3v) is 4.37. The van der Waals surface area contributed by atoms with Gasteiger partial charge in [-0.3, -0.25) is 4.79 Å². The molecule has 2 fully saturated rings. The van der Waals surface area contributed by atoms with Crippen LogP contribution >= 0.6 is 0 Å². The standard InChI is InChI=1S/C14H27N3O/c1-10(2)11-5-7-17(8-6-11)9-13(14(15)18)16-12-3-4-12/h10-13,16H,3-9H2,1-2H3,(H2,15,18). The van der Waals surface area contributed by atoms with Crippen molar-refractivity contribution in [3.8, 4) is 0 Å². The van der Waals surface area contributed by atoms with Crippen molar-refractivity contribution in [2.45, 2.75) is 51.6 Å². The van der Waals surface area contributed by atoms with Crippen LogP contribution in [0.5, 0.6) is 0 Å². The van der Waals surface area contributed by atoms with Crippen molar-refractivity contribution in [3.05, 3.63) is 0 Å². The van der Waals surface area contributed by atoms with E-state index < -0.39 is 0 Å². The summed E-state index contributed by atoms with van der Waals surface area (Å²) < 4.78 is 0. The maximum Gasteiger partial charge on any atom is 0.235 e. The summed E-state index contributed by atoms with van der Waals surface area (Å²) in [6, 6.07) is 0.379. The first-order chi connectivity index (χ1) is 8.56. The molecule has 4 heteroatoms. The Morgan fingerprint density at radius 1 is 1.28 bits per heavy atom. The number of likely N-dealkylation sites (tertiary alicyclic amines) is 1. The molecule has 0 aromatic rings. The summed E-state index contributed by atoms with van der Waals surface area (Å²) in [5.74, 6) is 1.43. The molecule has 104 valence electrons. The summed E-state index contributed by atoms with van der Waals surface area (Å²) >= 11 is 0. The van der Waals surface area contributed by atoms with Gasteiger partial charge in [-0.25, -0.2) is 0 Å². The minimum atomic E-state index is -0.201. The number of carbonyl (C=O) groups excluding carboxylic acids is 1. The molecule has 2 aliphatic rings. The number of nitrogens with two attached hydrogens (primary N) is 1. The number of hydrogen-bond donors (Lipinski definition) is 2. The molecule has 1 amide bonds. The fourth-order valence-electron chi connectivity index (χ4n) is 2.82. The van der Waals surface area contributed by atoms with Crippen LogP contribution in [0.2, 0.25) is 0 Å². The van der Waals surface area contributed by atoms with Crippen LogP contribution in [0.25, 0.3) is 0 Å². The SMILES string of the molecule is CC(C)C1CCN(CC(NC2CC2)C(N)=O)CC1. The van der Waals surface area contributed by atoms with Crippen molar-refractivity contribution in [1.29, 1.82) is 0 Å². The lowest BCUT2D eigenvalue weighted by Gasteiger charge is -2.35. The zero-order chi connectivity index (χ0) is 13.1. The maximum absolute atomic E-state index is 11.4. The van der Waals surface area contributed by atoms with Gasteiger partial charge in [0.15, 0.2) is 0 Å². The number of piperidine rings is 1. The molecule has 0 bridgehead atoms. The van der Waals surface area contributed by atoms with Crippen LogP contribution in [0.1, 0.15) is 39.5 Å². The van der Waals surface area contributed by atoms with Gasteiger partial charge in [0, 0.05) is 12.6 Å². The molecule has 1 aliphatic heterocycles. The molecular weight excluding hydrogens is 226 g/mol. The number of hydrogen-bond acceptors (Lipinski definition) is 3. The Balaban J connectivity index is 1.76. The van der Waals surface area contributed by atoms with Gasteiger partial charge in [0.05, 0.1) is 6.04 Å². The molecule has 1 saturated carbocycles. The Hall–Kier alpha value is -0.610. The molecule has 1 unspecified atom stereocenters. The van der Waals surface area contributed by atoms with Crippen LogP contribution in [0.4, 0.5) is 0 Å². The van der Waals surface area contributed by atoms with Crippen LogP contribution in [-0.4, -0.2) is 42.5 Å². The quantitative estimate of drug-likeness (QED) is 0.741. The highest BCUT2D eigenvalue weighted by Gasteiger charge is 2.30. The number of nitrogens with one attached hydrogen (secondary N) is 1. The molecule has 3 N–H and O–H groups in total. The number of amides is 1. The third-order valence-electron chi connectivity index (χ3n) is 4.37. The molecule has 1 atom stereocenters. The fraction of sp³-hybridized carbons (Fsp3) is 0.929. The van der Waals surface area contributed by atoms with Gasteiger partial charge in [-0.1, -0.05) is 13.8 Å². The zero-order valence-corrected chi connectivity index (χ0v) is 11.7. The van der Waals surface area contributed by atoms with Crippen LogP contribution in [-0.2, 0) is 4.79 Å². The van der Waals surface area contributed by atoms with Crippen LogP contribution in [0.15, 0.2) is 0 Å². The number of primary amides is 1. The normalized spacial score (nSPS) is 24.4. The highest BCUT2D eigenvalue weighted by atomic mass is 16.1. The van der Waals surface area contributed by atoms with Gasteiger partial charge >= 0.3 is 0 Å². The Morgan fingerprint density at radius 2 is 1.89 bits per heavy atom. The minimum Gasteiger partial charge on any atom is -0.368 e. The third kappa shape index (κ3) is 3.95.